The third-order valence-electron chi connectivity index (χ3n) is 6.82. The van der Waals surface area contributed by atoms with Gasteiger partial charge in [-0.25, -0.2) is 0 Å². The zero-order valence-electron chi connectivity index (χ0n) is 20.3. The number of nitrogens with zero attached hydrogens (tertiary/aromatic N) is 1. The van der Waals surface area contributed by atoms with Gasteiger partial charge in [0, 0.05) is 29.0 Å². The van der Waals surface area contributed by atoms with Crippen LogP contribution in [0, 0.1) is 0 Å². The van der Waals surface area contributed by atoms with E-state index in [1.54, 1.807) is 42.5 Å². The minimum absolute atomic E-state index is 0.00829. The van der Waals surface area contributed by atoms with Gasteiger partial charge in [0.2, 0.25) is 0 Å². The predicted molar refractivity (Wildman–Crippen MR) is 145 cm³/mol. The molecule has 2 aliphatic rings. The van der Waals surface area contributed by atoms with Crippen molar-refractivity contribution < 1.29 is 24.5 Å². The van der Waals surface area contributed by atoms with E-state index in [4.69, 9.17) is 4.74 Å². The number of benzene rings is 4. The number of hydrogen-bond acceptors (Lipinski definition) is 6. The van der Waals surface area contributed by atoms with Gasteiger partial charge in [0.1, 0.15) is 17.3 Å². The Balaban J connectivity index is 1.43. The van der Waals surface area contributed by atoms with E-state index in [2.05, 4.69) is 5.32 Å². The number of aliphatic hydroxyl groups is 1. The number of phenols is 1. The molecule has 1 atom stereocenters. The molecule has 0 aliphatic carbocycles. The zero-order valence-corrected chi connectivity index (χ0v) is 20.3. The normalized spacial score (nSPS) is 17.8. The van der Waals surface area contributed by atoms with Gasteiger partial charge in [-0.2, -0.15) is 0 Å². The number of aliphatic hydroxyl groups excluding tert-OH is 1. The van der Waals surface area contributed by atoms with Gasteiger partial charge < -0.3 is 20.3 Å². The van der Waals surface area contributed by atoms with Crippen molar-refractivity contribution in [3.05, 3.63) is 119 Å². The highest BCUT2D eigenvalue weighted by Crippen LogP contribution is 2.43. The Kier molecular flexibility index (Phi) is 5.81. The molecule has 1 saturated heterocycles. The maximum Gasteiger partial charge on any atom is 0.300 e. The second-order valence-electron chi connectivity index (χ2n) is 9.22. The van der Waals surface area contributed by atoms with Crippen LogP contribution < -0.4 is 15.0 Å². The molecule has 1 amide bonds. The van der Waals surface area contributed by atoms with E-state index in [0.29, 0.717) is 29.8 Å². The average Bonchev–Trinajstić information content (AvgIpc) is 3.52. The molecule has 0 aromatic heterocycles. The summed E-state index contributed by atoms with van der Waals surface area (Å²) in [6.45, 7) is 0.562. The summed E-state index contributed by atoms with van der Waals surface area (Å²) in [7, 11) is 0. The lowest BCUT2D eigenvalue weighted by Crippen LogP contribution is -2.29. The second kappa shape index (κ2) is 9.44. The highest BCUT2D eigenvalue weighted by Gasteiger charge is 2.47. The number of amides is 1. The van der Waals surface area contributed by atoms with E-state index in [0.717, 1.165) is 22.7 Å². The molecule has 0 saturated carbocycles. The fourth-order valence-corrected chi connectivity index (χ4v) is 4.95. The lowest BCUT2D eigenvalue weighted by atomic mass is 9.94. The third kappa shape index (κ3) is 4.14. The number of nitrogens with one attached hydrogen (secondary N) is 1. The van der Waals surface area contributed by atoms with E-state index < -0.39 is 17.7 Å². The highest BCUT2D eigenvalue weighted by atomic mass is 16.5. The molecule has 0 spiro atoms. The van der Waals surface area contributed by atoms with Crippen molar-refractivity contribution in [1.29, 1.82) is 0 Å². The fourth-order valence-electron chi connectivity index (χ4n) is 4.95. The number of carbonyl (C=O) groups is 2. The fraction of sp³-hybridized carbons (Fsp3) is 0.0968. The summed E-state index contributed by atoms with van der Waals surface area (Å²) in [6, 6.07) is 27.5. The molecule has 4 aromatic rings. The van der Waals surface area contributed by atoms with Crippen LogP contribution in [0.3, 0.4) is 0 Å². The third-order valence-corrected chi connectivity index (χ3v) is 6.82. The number of phenolic OH excluding ortho intramolecular Hbond substituents is 1. The van der Waals surface area contributed by atoms with Gasteiger partial charge in [0.05, 0.1) is 18.2 Å². The van der Waals surface area contributed by atoms with Gasteiger partial charge in [0.15, 0.2) is 0 Å². The standard InChI is InChI=1S/C31H24N2O5/c34-25-13-6-19(7-14-25)28-27(29(35)21-8-15-26-20(18-21)16-17-38-26)30(36)31(37)33(28)24-11-9-23(10-12-24)32-22-4-2-1-3-5-22/h1-15,18,28,32,34-35H,16-17H2/b29-27-. The Morgan fingerprint density at radius 1 is 0.868 bits per heavy atom. The summed E-state index contributed by atoms with van der Waals surface area (Å²) in [5, 5.41) is 24.5. The van der Waals surface area contributed by atoms with Gasteiger partial charge >= 0.3 is 0 Å². The van der Waals surface area contributed by atoms with Crippen molar-refractivity contribution in [1.82, 2.24) is 0 Å². The number of fused-ring (bicyclic) bond motifs is 1. The molecule has 188 valence electrons. The molecule has 2 heterocycles. The van der Waals surface area contributed by atoms with Crippen molar-refractivity contribution in [2.75, 3.05) is 16.8 Å². The molecular weight excluding hydrogens is 480 g/mol. The number of aromatic hydroxyl groups is 1. The molecule has 2 aliphatic heterocycles. The number of ketones is 1. The number of rotatable bonds is 5. The van der Waals surface area contributed by atoms with Crippen LogP contribution in [0.5, 0.6) is 11.5 Å². The van der Waals surface area contributed by atoms with E-state index in [1.807, 2.05) is 42.5 Å². The molecule has 7 nitrogen and oxygen atoms in total. The van der Waals surface area contributed by atoms with Crippen LogP contribution >= 0.6 is 0 Å². The maximum atomic E-state index is 13.4. The van der Waals surface area contributed by atoms with Crippen molar-refractivity contribution in [2.45, 2.75) is 12.5 Å². The van der Waals surface area contributed by atoms with E-state index >= 15 is 0 Å². The van der Waals surface area contributed by atoms with Gasteiger partial charge in [0.25, 0.3) is 11.7 Å². The summed E-state index contributed by atoms with van der Waals surface area (Å²) >= 11 is 0. The zero-order chi connectivity index (χ0) is 26.2. The summed E-state index contributed by atoms with van der Waals surface area (Å²) in [5.41, 5.74) is 4.20. The van der Waals surface area contributed by atoms with Crippen LogP contribution in [0.1, 0.15) is 22.7 Å². The maximum absolute atomic E-state index is 13.4. The van der Waals surface area contributed by atoms with Crippen molar-refractivity contribution in [2.24, 2.45) is 0 Å². The van der Waals surface area contributed by atoms with E-state index in [1.165, 1.54) is 17.0 Å². The van der Waals surface area contributed by atoms with Crippen LogP contribution in [0.25, 0.3) is 5.76 Å². The predicted octanol–water partition coefficient (Wildman–Crippen LogP) is 5.70. The number of hydrogen-bond donors (Lipinski definition) is 3. The monoisotopic (exact) mass is 504 g/mol. The smallest absolute Gasteiger partial charge is 0.300 e. The van der Waals surface area contributed by atoms with Gasteiger partial charge in [-0.1, -0.05) is 30.3 Å². The molecule has 3 N–H and O–H groups in total. The lowest BCUT2D eigenvalue weighted by Gasteiger charge is -2.25. The van der Waals surface area contributed by atoms with Gasteiger partial charge in [-0.05, 0) is 77.9 Å². The van der Waals surface area contributed by atoms with E-state index in [-0.39, 0.29) is 17.1 Å². The number of carbonyl (C=O) groups excluding carboxylic acids is 2. The number of para-hydroxylation sites is 1. The minimum atomic E-state index is -0.881. The Labute approximate surface area is 219 Å². The first-order chi connectivity index (χ1) is 18.5. The summed E-state index contributed by atoms with van der Waals surface area (Å²) < 4.78 is 5.56. The topological polar surface area (TPSA) is 99.1 Å². The SMILES string of the molecule is O=C1C(=O)N(c2ccc(Nc3ccccc3)cc2)C(c2ccc(O)cc2)/C1=C(/O)c1ccc2c(c1)CCO2. The van der Waals surface area contributed by atoms with Crippen molar-refractivity contribution in [3.8, 4) is 11.5 Å². The van der Waals surface area contributed by atoms with Gasteiger partial charge in [-0.3, -0.25) is 14.5 Å². The first-order valence-electron chi connectivity index (χ1n) is 12.3. The first kappa shape index (κ1) is 23.4. The molecular formula is C31H24N2O5. The Morgan fingerprint density at radius 3 is 2.32 bits per heavy atom. The van der Waals surface area contributed by atoms with Crippen LogP contribution in [0.2, 0.25) is 0 Å². The largest absolute Gasteiger partial charge is 0.508 e. The first-order valence-corrected chi connectivity index (χ1v) is 12.3. The Bertz CT molecular complexity index is 1560. The number of Topliss-reactive ketones (excluding diaryl/α,β-unsaturated/α-hetero) is 1. The summed E-state index contributed by atoms with van der Waals surface area (Å²) in [4.78, 5) is 28.2. The van der Waals surface area contributed by atoms with Crippen molar-refractivity contribution in [3.63, 3.8) is 0 Å². The second-order valence-corrected chi connectivity index (χ2v) is 9.22. The van der Waals surface area contributed by atoms with Crippen LogP contribution in [-0.2, 0) is 16.0 Å². The Hall–Kier alpha value is -5.04. The highest BCUT2D eigenvalue weighted by molar-refractivity contribution is 6.51. The average molecular weight is 505 g/mol. The van der Waals surface area contributed by atoms with E-state index in [9.17, 15) is 19.8 Å². The molecule has 0 radical (unpaired) electrons. The van der Waals surface area contributed by atoms with Crippen LogP contribution in [0.15, 0.2) is 103 Å². The number of anilines is 3. The molecule has 38 heavy (non-hydrogen) atoms. The summed E-state index contributed by atoms with van der Waals surface area (Å²) in [6.07, 6.45) is 0.704. The van der Waals surface area contributed by atoms with Crippen molar-refractivity contribution >= 4 is 34.5 Å². The molecule has 0 bridgehead atoms. The minimum Gasteiger partial charge on any atom is -0.508 e. The molecule has 7 heteroatoms. The lowest BCUT2D eigenvalue weighted by molar-refractivity contribution is -0.132. The van der Waals surface area contributed by atoms with Crippen LogP contribution in [-0.4, -0.2) is 28.5 Å². The molecule has 1 fully saturated rings. The van der Waals surface area contributed by atoms with Gasteiger partial charge in [-0.15, -0.1) is 0 Å². The quantitative estimate of drug-likeness (QED) is 0.183. The number of ether oxygens (including phenoxy) is 1. The Morgan fingerprint density at radius 2 is 1.58 bits per heavy atom. The van der Waals surface area contributed by atoms with Crippen LogP contribution in [0.4, 0.5) is 17.1 Å². The molecule has 1 unspecified atom stereocenters. The molecule has 6 rings (SSSR count). The summed E-state index contributed by atoms with van der Waals surface area (Å²) in [5.74, 6) is -0.954. The molecule has 4 aromatic carbocycles.